The second kappa shape index (κ2) is 9.33. The van der Waals surface area contributed by atoms with E-state index in [9.17, 15) is 27.6 Å². The van der Waals surface area contributed by atoms with Gasteiger partial charge in [0.15, 0.2) is 0 Å². The first kappa shape index (κ1) is 23.5. The maximum absolute atomic E-state index is 12.8. The topological polar surface area (TPSA) is 91.0 Å². The van der Waals surface area contributed by atoms with Crippen molar-refractivity contribution in [1.29, 1.82) is 0 Å². The van der Waals surface area contributed by atoms with Gasteiger partial charge in [-0.25, -0.2) is 4.79 Å². The molecule has 11 heteroatoms. The van der Waals surface area contributed by atoms with Gasteiger partial charge in [-0.05, 0) is 44.6 Å². The van der Waals surface area contributed by atoms with E-state index in [0.717, 1.165) is 9.80 Å². The Morgan fingerprint density at radius 2 is 1.90 bits per heavy atom. The summed E-state index contributed by atoms with van der Waals surface area (Å²) >= 11 is 0. The summed E-state index contributed by atoms with van der Waals surface area (Å²) in [6.07, 6.45) is -3.99. The number of carbonyl (C=O) groups excluding carboxylic acids is 3. The first-order valence-electron chi connectivity index (χ1n) is 9.27. The molecule has 1 aliphatic rings. The highest BCUT2D eigenvalue weighted by Crippen LogP contribution is 2.29. The molecule has 1 saturated heterocycles. The van der Waals surface area contributed by atoms with Crippen LogP contribution < -0.4 is 15.4 Å². The number of nitrogens with zero attached hydrogens (tertiary/aromatic N) is 2. The van der Waals surface area contributed by atoms with E-state index in [1.807, 2.05) is 0 Å². The minimum atomic E-state index is -4.28. The smallest absolute Gasteiger partial charge is 0.401 e. The molecule has 1 aromatic carbocycles. The fourth-order valence-corrected chi connectivity index (χ4v) is 3.12. The van der Waals surface area contributed by atoms with Crippen LogP contribution in [0.25, 0.3) is 0 Å². The van der Waals surface area contributed by atoms with Crippen molar-refractivity contribution in [3.05, 3.63) is 29.8 Å². The largest absolute Gasteiger partial charge is 0.497 e. The summed E-state index contributed by atoms with van der Waals surface area (Å²) in [6.45, 7) is 0.296. The zero-order valence-corrected chi connectivity index (χ0v) is 17.0. The molecule has 0 aromatic heterocycles. The number of hydrogen-bond donors (Lipinski definition) is 2. The number of nitrogens with one attached hydrogen (secondary N) is 2. The van der Waals surface area contributed by atoms with Crippen LogP contribution in [0.2, 0.25) is 0 Å². The molecule has 2 rings (SSSR count). The van der Waals surface area contributed by atoms with Gasteiger partial charge in [0.1, 0.15) is 17.8 Å². The lowest BCUT2D eigenvalue weighted by atomic mass is 9.92. The molecule has 30 heavy (non-hydrogen) atoms. The SMILES string of the molecule is COc1ccc(C2(C)NC(=O)N(CC(=O)NCCCN(C)CC(F)(F)F)C2=O)cc1. The molecule has 0 radical (unpaired) electrons. The average molecular weight is 430 g/mol. The van der Waals surface area contributed by atoms with Crippen LogP contribution in [0.5, 0.6) is 5.75 Å². The number of carbonyl (C=O) groups is 3. The van der Waals surface area contributed by atoms with Gasteiger partial charge in [-0.15, -0.1) is 0 Å². The van der Waals surface area contributed by atoms with E-state index in [1.165, 1.54) is 14.2 Å². The van der Waals surface area contributed by atoms with E-state index in [-0.39, 0.29) is 13.1 Å². The number of benzene rings is 1. The molecule has 2 N–H and O–H groups in total. The number of alkyl halides is 3. The van der Waals surface area contributed by atoms with Gasteiger partial charge in [0.25, 0.3) is 5.91 Å². The monoisotopic (exact) mass is 430 g/mol. The van der Waals surface area contributed by atoms with Crippen molar-refractivity contribution in [3.8, 4) is 5.75 Å². The third-order valence-electron chi connectivity index (χ3n) is 4.73. The van der Waals surface area contributed by atoms with Crippen LogP contribution >= 0.6 is 0 Å². The fraction of sp³-hybridized carbons (Fsp3) is 0.526. The first-order valence-corrected chi connectivity index (χ1v) is 9.27. The quantitative estimate of drug-likeness (QED) is 0.457. The van der Waals surface area contributed by atoms with Gasteiger partial charge < -0.3 is 15.4 Å². The zero-order chi connectivity index (χ0) is 22.5. The molecule has 0 bridgehead atoms. The molecule has 1 aliphatic heterocycles. The number of urea groups is 1. The van der Waals surface area contributed by atoms with Gasteiger partial charge in [0.2, 0.25) is 5.91 Å². The summed E-state index contributed by atoms with van der Waals surface area (Å²) in [6, 6.07) is 5.92. The van der Waals surface area contributed by atoms with Crippen LogP contribution in [-0.2, 0) is 15.1 Å². The maximum Gasteiger partial charge on any atom is 0.401 e. The van der Waals surface area contributed by atoms with Crippen LogP contribution in [0.1, 0.15) is 18.9 Å². The minimum absolute atomic E-state index is 0.125. The molecule has 166 valence electrons. The highest BCUT2D eigenvalue weighted by Gasteiger charge is 2.49. The Balaban J connectivity index is 1.86. The molecular formula is C19H25F3N4O4. The van der Waals surface area contributed by atoms with Crippen molar-refractivity contribution >= 4 is 17.8 Å². The molecule has 1 aromatic rings. The van der Waals surface area contributed by atoms with Crippen molar-refractivity contribution < 1.29 is 32.3 Å². The van der Waals surface area contributed by atoms with Crippen molar-refractivity contribution in [2.24, 2.45) is 0 Å². The standard InChI is InChI=1S/C19H25F3N4O4/c1-18(13-5-7-14(30-3)8-6-13)16(28)26(17(29)24-18)11-15(27)23-9-4-10-25(2)12-19(20,21)22/h5-8H,4,9-12H2,1-3H3,(H,23,27)(H,24,29). The molecule has 8 nitrogen and oxygen atoms in total. The van der Waals surface area contributed by atoms with E-state index < -0.39 is 42.7 Å². The third-order valence-corrected chi connectivity index (χ3v) is 4.73. The maximum atomic E-state index is 12.8. The van der Waals surface area contributed by atoms with Gasteiger partial charge in [0.05, 0.1) is 13.7 Å². The van der Waals surface area contributed by atoms with Crippen LogP contribution in [0.4, 0.5) is 18.0 Å². The molecule has 0 saturated carbocycles. The summed E-state index contributed by atoms with van der Waals surface area (Å²) in [5.41, 5.74) is -0.776. The normalized spacial score (nSPS) is 19.2. The lowest BCUT2D eigenvalue weighted by Crippen LogP contribution is -2.43. The van der Waals surface area contributed by atoms with Crippen molar-refractivity contribution in [3.63, 3.8) is 0 Å². The molecule has 1 atom stereocenters. The van der Waals surface area contributed by atoms with E-state index in [2.05, 4.69) is 10.6 Å². The van der Waals surface area contributed by atoms with Crippen LogP contribution in [0.3, 0.4) is 0 Å². The molecule has 1 fully saturated rings. The van der Waals surface area contributed by atoms with Crippen molar-refractivity contribution in [2.75, 3.05) is 40.3 Å². The highest BCUT2D eigenvalue weighted by atomic mass is 19.4. The van der Waals surface area contributed by atoms with Crippen molar-refractivity contribution in [2.45, 2.75) is 25.1 Å². The zero-order valence-electron chi connectivity index (χ0n) is 17.0. The number of halogens is 3. The predicted molar refractivity (Wildman–Crippen MR) is 102 cm³/mol. The van der Waals surface area contributed by atoms with Gasteiger partial charge >= 0.3 is 12.2 Å². The number of ether oxygens (including phenoxy) is 1. The van der Waals surface area contributed by atoms with Gasteiger partial charge in [0, 0.05) is 6.54 Å². The van der Waals surface area contributed by atoms with Crippen LogP contribution in [-0.4, -0.2) is 74.2 Å². The van der Waals surface area contributed by atoms with Gasteiger partial charge in [-0.2, -0.15) is 13.2 Å². The lowest BCUT2D eigenvalue weighted by Gasteiger charge is -2.22. The summed E-state index contributed by atoms with van der Waals surface area (Å²) in [7, 11) is 2.84. The van der Waals surface area contributed by atoms with Gasteiger partial charge in [-0.1, -0.05) is 12.1 Å². The Kier molecular flexibility index (Phi) is 7.30. The third kappa shape index (κ3) is 5.85. The number of imide groups is 1. The second-order valence-electron chi connectivity index (χ2n) is 7.23. The summed E-state index contributed by atoms with van der Waals surface area (Å²) < 4.78 is 41.9. The average Bonchev–Trinajstić information content (AvgIpc) is 2.88. The Morgan fingerprint density at radius 1 is 1.27 bits per heavy atom. The molecule has 0 aliphatic carbocycles. The van der Waals surface area contributed by atoms with E-state index in [1.54, 1.807) is 31.2 Å². The fourth-order valence-electron chi connectivity index (χ4n) is 3.12. The summed E-state index contributed by atoms with van der Waals surface area (Å²) in [5.74, 6) is -0.551. The Morgan fingerprint density at radius 3 is 2.47 bits per heavy atom. The van der Waals surface area contributed by atoms with E-state index in [0.29, 0.717) is 17.7 Å². The molecular weight excluding hydrogens is 405 g/mol. The number of methoxy groups -OCH3 is 1. The highest BCUT2D eigenvalue weighted by molar-refractivity contribution is 6.09. The van der Waals surface area contributed by atoms with Gasteiger partial charge in [-0.3, -0.25) is 19.4 Å². The Labute approximate surface area is 172 Å². The summed E-state index contributed by atoms with van der Waals surface area (Å²) in [5, 5.41) is 5.11. The Bertz CT molecular complexity index is 785. The lowest BCUT2D eigenvalue weighted by molar-refractivity contribution is -0.143. The molecule has 4 amide bonds. The number of rotatable bonds is 9. The predicted octanol–water partition coefficient (Wildman–Crippen LogP) is 1.46. The summed E-state index contributed by atoms with van der Waals surface area (Å²) in [4.78, 5) is 39.1. The number of amides is 4. The van der Waals surface area contributed by atoms with E-state index in [4.69, 9.17) is 4.74 Å². The molecule has 0 spiro atoms. The molecule has 1 unspecified atom stereocenters. The van der Waals surface area contributed by atoms with Crippen LogP contribution in [0.15, 0.2) is 24.3 Å². The molecule has 1 heterocycles. The van der Waals surface area contributed by atoms with Crippen LogP contribution in [0, 0.1) is 0 Å². The van der Waals surface area contributed by atoms with Crippen molar-refractivity contribution in [1.82, 2.24) is 20.4 Å². The second-order valence-corrected chi connectivity index (χ2v) is 7.23. The first-order chi connectivity index (χ1) is 14.0. The Hall–Kier alpha value is -2.82. The minimum Gasteiger partial charge on any atom is -0.497 e. The number of hydrogen-bond acceptors (Lipinski definition) is 5. The van der Waals surface area contributed by atoms with E-state index >= 15 is 0 Å².